The van der Waals surface area contributed by atoms with Crippen molar-refractivity contribution in [3.8, 4) is 0 Å². The Morgan fingerprint density at radius 2 is 2.00 bits per heavy atom. The molecule has 2 aromatic heterocycles. The van der Waals surface area contributed by atoms with Crippen LogP contribution in [-0.4, -0.2) is 4.98 Å². The van der Waals surface area contributed by atoms with Crippen molar-refractivity contribution in [2.75, 3.05) is 0 Å². The van der Waals surface area contributed by atoms with E-state index in [0.29, 0.717) is 11.1 Å². The minimum atomic E-state index is -0.796. The summed E-state index contributed by atoms with van der Waals surface area (Å²) in [6.07, 6.45) is 2.53. The fourth-order valence-corrected chi connectivity index (χ4v) is 1.99. The molecule has 3 aromatic rings. The number of hydrogen-bond acceptors (Lipinski definition) is 3. The molecule has 0 amide bonds. The third-order valence-corrected chi connectivity index (χ3v) is 2.96. The number of para-hydroxylation sites is 1. The summed E-state index contributed by atoms with van der Waals surface area (Å²) in [5.41, 5.74) is 6.33. The van der Waals surface area contributed by atoms with Crippen LogP contribution in [-0.2, 0) is 0 Å². The number of fused-ring (bicyclic) bond motifs is 1. The Kier molecular flexibility index (Phi) is 2.76. The van der Waals surface area contributed by atoms with Crippen LogP contribution in [0, 0.1) is 11.6 Å². The molecule has 1 unspecified atom stereocenters. The molecule has 2 N–H and O–H groups in total. The summed E-state index contributed by atoms with van der Waals surface area (Å²) in [7, 11) is 0. The number of nitrogens with two attached hydrogens (primary N) is 1. The molecule has 0 fully saturated rings. The SMILES string of the molecule is NC(c1cc2cccc(F)c2o1)c1ccncc1F. The summed E-state index contributed by atoms with van der Waals surface area (Å²) in [5.74, 6) is -0.674. The van der Waals surface area contributed by atoms with Gasteiger partial charge < -0.3 is 10.2 Å². The second-order valence-corrected chi connectivity index (χ2v) is 4.18. The van der Waals surface area contributed by atoms with Crippen molar-refractivity contribution >= 4 is 11.0 Å². The van der Waals surface area contributed by atoms with E-state index >= 15 is 0 Å². The zero-order chi connectivity index (χ0) is 13.4. The van der Waals surface area contributed by atoms with Crippen molar-refractivity contribution in [3.63, 3.8) is 0 Å². The van der Waals surface area contributed by atoms with E-state index in [4.69, 9.17) is 10.2 Å². The average molecular weight is 260 g/mol. The van der Waals surface area contributed by atoms with Gasteiger partial charge in [0.2, 0.25) is 0 Å². The molecule has 3 rings (SSSR count). The maximum atomic E-state index is 13.6. The first-order valence-electron chi connectivity index (χ1n) is 5.70. The zero-order valence-corrected chi connectivity index (χ0v) is 9.81. The Bertz CT molecular complexity index is 739. The van der Waals surface area contributed by atoms with Gasteiger partial charge in [-0.25, -0.2) is 8.78 Å². The minimum absolute atomic E-state index is 0.127. The van der Waals surface area contributed by atoms with Gasteiger partial charge in [0.25, 0.3) is 0 Å². The molecule has 1 aromatic carbocycles. The number of aromatic nitrogens is 1. The first kappa shape index (κ1) is 11.8. The van der Waals surface area contributed by atoms with E-state index in [9.17, 15) is 8.78 Å². The van der Waals surface area contributed by atoms with Gasteiger partial charge in [-0.15, -0.1) is 0 Å². The number of benzene rings is 1. The van der Waals surface area contributed by atoms with E-state index in [1.807, 2.05) is 0 Å². The van der Waals surface area contributed by atoms with Crippen LogP contribution in [0.15, 0.2) is 47.1 Å². The predicted molar refractivity (Wildman–Crippen MR) is 66.4 cm³/mol. The van der Waals surface area contributed by atoms with Crippen molar-refractivity contribution in [2.24, 2.45) is 5.73 Å². The van der Waals surface area contributed by atoms with Gasteiger partial charge in [0.05, 0.1) is 12.2 Å². The highest BCUT2D eigenvalue weighted by molar-refractivity contribution is 5.78. The fraction of sp³-hybridized carbons (Fsp3) is 0.0714. The number of pyridine rings is 1. The molecule has 0 saturated carbocycles. The fourth-order valence-electron chi connectivity index (χ4n) is 1.99. The summed E-state index contributed by atoms with van der Waals surface area (Å²) < 4.78 is 32.5. The van der Waals surface area contributed by atoms with Crippen molar-refractivity contribution in [1.29, 1.82) is 0 Å². The third-order valence-electron chi connectivity index (χ3n) is 2.96. The van der Waals surface area contributed by atoms with E-state index in [0.717, 1.165) is 6.20 Å². The molecular formula is C14H10F2N2O. The topological polar surface area (TPSA) is 52.0 Å². The molecule has 19 heavy (non-hydrogen) atoms. The smallest absolute Gasteiger partial charge is 0.169 e. The predicted octanol–water partition coefficient (Wildman–Crippen LogP) is 3.15. The van der Waals surface area contributed by atoms with Gasteiger partial charge in [-0.1, -0.05) is 12.1 Å². The van der Waals surface area contributed by atoms with Crippen molar-refractivity contribution < 1.29 is 13.2 Å². The Hall–Kier alpha value is -2.27. The van der Waals surface area contributed by atoms with Gasteiger partial charge in [0.15, 0.2) is 11.4 Å². The molecule has 0 bridgehead atoms. The van der Waals surface area contributed by atoms with Crippen LogP contribution < -0.4 is 5.73 Å². The Morgan fingerprint density at radius 1 is 1.16 bits per heavy atom. The van der Waals surface area contributed by atoms with E-state index in [2.05, 4.69) is 4.98 Å². The molecule has 5 heteroatoms. The first-order chi connectivity index (χ1) is 9.16. The largest absolute Gasteiger partial charge is 0.456 e. The average Bonchev–Trinajstić information content (AvgIpc) is 2.84. The lowest BCUT2D eigenvalue weighted by molar-refractivity contribution is 0.492. The molecule has 0 radical (unpaired) electrons. The zero-order valence-electron chi connectivity index (χ0n) is 9.81. The van der Waals surface area contributed by atoms with Gasteiger partial charge >= 0.3 is 0 Å². The van der Waals surface area contributed by atoms with Crippen molar-refractivity contribution in [1.82, 2.24) is 4.98 Å². The van der Waals surface area contributed by atoms with Crippen LogP contribution in [0.2, 0.25) is 0 Å². The summed E-state index contributed by atoms with van der Waals surface area (Å²) >= 11 is 0. The minimum Gasteiger partial charge on any atom is -0.456 e. The number of halogens is 2. The number of rotatable bonds is 2. The molecule has 0 saturated heterocycles. The number of furan rings is 1. The van der Waals surface area contributed by atoms with Crippen LogP contribution >= 0.6 is 0 Å². The van der Waals surface area contributed by atoms with Crippen molar-refractivity contribution in [2.45, 2.75) is 6.04 Å². The van der Waals surface area contributed by atoms with Gasteiger partial charge in [-0.2, -0.15) is 0 Å². The highest BCUT2D eigenvalue weighted by Crippen LogP contribution is 2.28. The Morgan fingerprint density at radius 3 is 2.74 bits per heavy atom. The lowest BCUT2D eigenvalue weighted by atomic mass is 10.1. The number of hydrogen-bond donors (Lipinski definition) is 1. The van der Waals surface area contributed by atoms with Crippen LogP contribution in [0.3, 0.4) is 0 Å². The van der Waals surface area contributed by atoms with Crippen LogP contribution in [0.25, 0.3) is 11.0 Å². The summed E-state index contributed by atoms with van der Waals surface area (Å²) in [6, 6.07) is 6.88. The second kappa shape index (κ2) is 4.44. The molecule has 0 aliphatic rings. The quantitative estimate of drug-likeness (QED) is 0.770. The highest BCUT2D eigenvalue weighted by atomic mass is 19.1. The second-order valence-electron chi connectivity index (χ2n) is 4.18. The Balaban J connectivity index is 2.10. The highest BCUT2D eigenvalue weighted by Gasteiger charge is 2.18. The molecular weight excluding hydrogens is 250 g/mol. The van der Waals surface area contributed by atoms with E-state index in [1.165, 1.54) is 18.3 Å². The molecule has 3 nitrogen and oxygen atoms in total. The monoisotopic (exact) mass is 260 g/mol. The maximum absolute atomic E-state index is 13.6. The van der Waals surface area contributed by atoms with Crippen LogP contribution in [0.1, 0.15) is 17.4 Å². The summed E-state index contributed by atoms with van der Waals surface area (Å²) in [6.45, 7) is 0. The standard InChI is InChI=1S/C14H10F2N2O/c15-10-3-1-2-8-6-12(19-14(8)10)13(17)9-4-5-18-7-11(9)16/h1-7,13H,17H2. The van der Waals surface area contributed by atoms with Gasteiger partial charge in [-0.3, -0.25) is 4.98 Å². The molecule has 2 heterocycles. The lowest BCUT2D eigenvalue weighted by Gasteiger charge is -2.09. The van der Waals surface area contributed by atoms with E-state index in [1.54, 1.807) is 18.2 Å². The van der Waals surface area contributed by atoms with Gasteiger partial charge in [0, 0.05) is 17.1 Å². The van der Waals surface area contributed by atoms with Crippen LogP contribution in [0.5, 0.6) is 0 Å². The molecule has 0 aliphatic carbocycles. The van der Waals surface area contributed by atoms with Crippen molar-refractivity contribution in [3.05, 3.63) is 65.7 Å². The summed E-state index contributed by atoms with van der Waals surface area (Å²) in [4.78, 5) is 3.66. The van der Waals surface area contributed by atoms with E-state index < -0.39 is 17.7 Å². The Labute approximate surface area is 107 Å². The summed E-state index contributed by atoms with van der Waals surface area (Å²) in [5, 5.41) is 0.597. The lowest BCUT2D eigenvalue weighted by Crippen LogP contribution is -2.12. The molecule has 0 spiro atoms. The molecule has 1 atom stereocenters. The normalized spacial score (nSPS) is 12.8. The molecule has 0 aliphatic heterocycles. The third kappa shape index (κ3) is 1.98. The molecule has 96 valence electrons. The first-order valence-corrected chi connectivity index (χ1v) is 5.70. The number of nitrogens with zero attached hydrogens (tertiary/aromatic N) is 1. The maximum Gasteiger partial charge on any atom is 0.169 e. The van der Waals surface area contributed by atoms with Gasteiger partial charge in [-0.05, 0) is 18.2 Å². The van der Waals surface area contributed by atoms with E-state index in [-0.39, 0.29) is 11.1 Å². The van der Waals surface area contributed by atoms with Gasteiger partial charge in [0.1, 0.15) is 11.6 Å². The van der Waals surface area contributed by atoms with Crippen LogP contribution in [0.4, 0.5) is 8.78 Å².